The van der Waals surface area contributed by atoms with Crippen LogP contribution in [0.4, 0.5) is 9.18 Å². The summed E-state index contributed by atoms with van der Waals surface area (Å²) < 4.78 is 24.7. The number of ether oxygens (including phenoxy) is 2. The summed E-state index contributed by atoms with van der Waals surface area (Å²) in [5.74, 6) is 4.27. The lowest BCUT2D eigenvalue weighted by atomic mass is 9.47. The minimum atomic E-state index is -0.800. The Hall–Kier alpha value is -1.84. The van der Waals surface area contributed by atoms with Crippen molar-refractivity contribution in [3.05, 3.63) is 41.7 Å². The molecule has 0 N–H and O–H groups in total. The van der Waals surface area contributed by atoms with Gasteiger partial charge in [0.15, 0.2) is 11.6 Å². The molecule has 8 atom stereocenters. The minimum absolute atomic E-state index is 0.0766. The summed E-state index contributed by atoms with van der Waals surface area (Å²) in [5.41, 5.74) is 2.19. The van der Waals surface area contributed by atoms with E-state index in [1.807, 2.05) is 0 Å². The standard InChI is InChI=1S/C34H49FO3/c1-22(2)9-8-10-23(3)27-15-16-28-26-14-13-24-21-25(37-32(36)38-31-12-7-6-11-30(31)35)17-19-33(24,4)29(26)18-20-34(27,28)5/h6-7,11-13,22-23,25-29H,8-10,14-21H2,1-5H3/t23-,25+,26-,27+,28-,29-,33+,34-/m1/s1. The minimum Gasteiger partial charge on any atom is -0.430 e. The first-order valence-corrected chi connectivity index (χ1v) is 15.4. The molecule has 0 aromatic heterocycles. The lowest BCUT2D eigenvalue weighted by molar-refractivity contribution is -0.0597. The number of benzene rings is 1. The predicted molar refractivity (Wildman–Crippen MR) is 150 cm³/mol. The van der Waals surface area contributed by atoms with Crippen LogP contribution >= 0.6 is 0 Å². The van der Waals surface area contributed by atoms with E-state index >= 15 is 0 Å². The summed E-state index contributed by atoms with van der Waals surface area (Å²) >= 11 is 0. The molecule has 3 nitrogen and oxygen atoms in total. The van der Waals surface area contributed by atoms with E-state index in [1.54, 1.807) is 12.1 Å². The van der Waals surface area contributed by atoms with E-state index in [2.05, 4.69) is 40.7 Å². The molecule has 0 spiro atoms. The van der Waals surface area contributed by atoms with Gasteiger partial charge in [0.1, 0.15) is 6.10 Å². The summed E-state index contributed by atoms with van der Waals surface area (Å²) in [6, 6.07) is 5.96. The van der Waals surface area contributed by atoms with Gasteiger partial charge < -0.3 is 9.47 Å². The van der Waals surface area contributed by atoms with E-state index in [0.717, 1.165) is 54.8 Å². The number of carbonyl (C=O) groups is 1. The molecule has 0 unspecified atom stereocenters. The van der Waals surface area contributed by atoms with Gasteiger partial charge in [0.2, 0.25) is 0 Å². The molecule has 38 heavy (non-hydrogen) atoms. The summed E-state index contributed by atoms with van der Waals surface area (Å²) in [4.78, 5) is 12.4. The van der Waals surface area contributed by atoms with Crippen molar-refractivity contribution < 1.29 is 18.7 Å². The van der Waals surface area contributed by atoms with Gasteiger partial charge in [-0.05, 0) is 103 Å². The lowest BCUT2D eigenvalue weighted by Gasteiger charge is -2.58. The van der Waals surface area contributed by atoms with Crippen LogP contribution in [-0.2, 0) is 4.74 Å². The van der Waals surface area contributed by atoms with Crippen LogP contribution in [-0.4, -0.2) is 12.3 Å². The number of hydrogen-bond donors (Lipinski definition) is 0. The smallest absolute Gasteiger partial charge is 0.430 e. The Balaban J connectivity index is 1.22. The van der Waals surface area contributed by atoms with Crippen molar-refractivity contribution in [2.75, 3.05) is 0 Å². The molecule has 0 bridgehead atoms. The van der Waals surface area contributed by atoms with Crippen LogP contribution in [0.15, 0.2) is 35.9 Å². The molecule has 4 aliphatic rings. The van der Waals surface area contributed by atoms with E-state index in [1.165, 1.54) is 69.1 Å². The monoisotopic (exact) mass is 524 g/mol. The Morgan fingerprint density at radius 3 is 2.58 bits per heavy atom. The van der Waals surface area contributed by atoms with Crippen molar-refractivity contribution in [1.82, 2.24) is 0 Å². The second-order valence-electron chi connectivity index (χ2n) is 14.1. The highest BCUT2D eigenvalue weighted by Crippen LogP contribution is 2.67. The van der Waals surface area contributed by atoms with E-state index in [0.29, 0.717) is 5.41 Å². The number of halogens is 1. The van der Waals surface area contributed by atoms with E-state index in [4.69, 9.17) is 9.47 Å². The first-order chi connectivity index (χ1) is 18.1. The maximum Gasteiger partial charge on any atom is 0.514 e. The van der Waals surface area contributed by atoms with Crippen molar-refractivity contribution in [2.24, 2.45) is 46.3 Å². The van der Waals surface area contributed by atoms with Gasteiger partial charge in [-0.25, -0.2) is 9.18 Å². The first-order valence-electron chi connectivity index (χ1n) is 15.4. The molecule has 3 saturated carbocycles. The third-order valence-electron chi connectivity index (χ3n) is 11.6. The first kappa shape index (κ1) is 27.7. The molecule has 1 aromatic rings. The fourth-order valence-corrected chi connectivity index (χ4v) is 9.53. The van der Waals surface area contributed by atoms with Gasteiger partial charge in [-0.2, -0.15) is 0 Å². The Labute approximate surface area is 229 Å². The predicted octanol–water partition coefficient (Wildman–Crippen LogP) is 9.75. The van der Waals surface area contributed by atoms with Gasteiger partial charge in [0.05, 0.1) is 0 Å². The maximum atomic E-state index is 13.9. The molecule has 3 fully saturated rings. The van der Waals surface area contributed by atoms with Crippen LogP contribution in [0.1, 0.15) is 105 Å². The molecule has 210 valence electrons. The molecule has 0 saturated heterocycles. The SMILES string of the molecule is CC(C)CCC[C@@H](C)[C@@H]1CC[C@@H]2[C@H]3CC=C4C[C@@H](OC(=O)Oc5ccccc5F)CC[C@]4(C)[C@@H]3CC[C@@]21C. The van der Waals surface area contributed by atoms with E-state index < -0.39 is 12.0 Å². The molecule has 4 heteroatoms. The number of carbonyl (C=O) groups excluding carboxylic acids is 1. The third-order valence-corrected chi connectivity index (χ3v) is 11.6. The Morgan fingerprint density at radius 1 is 1.03 bits per heavy atom. The average molecular weight is 525 g/mol. The summed E-state index contributed by atoms with van der Waals surface area (Å²) in [6.45, 7) is 12.4. The highest BCUT2D eigenvalue weighted by Gasteiger charge is 2.59. The maximum absolute atomic E-state index is 13.9. The van der Waals surface area contributed by atoms with Gasteiger partial charge in [0, 0.05) is 6.42 Å². The van der Waals surface area contributed by atoms with Crippen LogP contribution in [0.3, 0.4) is 0 Å². The Kier molecular flexibility index (Phi) is 8.00. The molecular weight excluding hydrogens is 475 g/mol. The highest BCUT2D eigenvalue weighted by molar-refractivity contribution is 5.64. The largest absolute Gasteiger partial charge is 0.514 e. The fourth-order valence-electron chi connectivity index (χ4n) is 9.53. The summed E-state index contributed by atoms with van der Waals surface area (Å²) in [5, 5.41) is 0. The number of rotatable bonds is 7. The number of para-hydroxylation sites is 1. The molecule has 1 aromatic carbocycles. The van der Waals surface area contributed by atoms with E-state index in [-0.39, 0.29) is 17.3 Å². The second-order valence-corrected chi connectivity index (χ2v) is 14.1. The molecule has 0 aliphatic heterocycles. The van der Waals surface area contributed by atoms with Gasteiger partial charge >= 0.3 is 6.16 Å². The molecule has 0 radical (unpaired) electrons. The molecular formula is C34H49FO3. The van der Waals surface area contributed by atoms with Gasteiger partial charge in [-0.3, -0.25) is 0 Å². The van der Waals surface area contributed by atoms with Crippen LogP contribution < -0.4 is 4.74 Å². The van der Waals surface area contributed by atoms with Crippen LogP contribution in [0, 0.1) is 52.2 Å². The van der Waals surface area contributed by atoms with Crippen LogP contribution in [0.5, 0.6) is 5.75 Å². The van der Waals surface area contributed by atoms with Gasteiger partial charge in [-0.15, -0.1) is 0 Å². The topological polar surface area (TPSA) is 35.5 Å². The van der Waals surface area contributed by atoms with Crippen LogP contribution in [0.2, 0.25) is 0 Å². The van der Waals surface area contributed by atoms with Crippen molar-refractivity contribution in [2.45, 2.75) is 111 Å². The van der Waals surface area contributed by atoms with Crippen molar-refractivity contribution >= 4 is 6.16 Å². The highest BCUT2D eigenvalue weighted by atomic mass is 19.1. The quantitative estimate of drug-likeness (QED) is 0.202. The number of allylic oxidation sites excluding steroid dienone is 1. The number of fused-ring (bicyclic) bond motifs is 5. The number of hydrogen-bond acceptors (Lipinski definition) is 3. The Morgan fingerprint density at radius 2 is 1.82 bits per heavy atom. The molecule has 0 amide bonds. The third kappa shape index (κ3) is 5.18. The van der Waals surface area contributed by atoms with Crippen molar-refractivity contribution in [3.63, 3.8) is 0 Å². The zero-order chi connectivity index (χ0) is 27.1. The van der Waals surface area contributed by atoms with Crippen molar-refractivity contribution in [1.29, 1.82) is 0 Å². The van der Waals surface area contributed by atoms with Crippen LogP contribution in [0.25, 0.3) is 0 Å². The average Bonchev–Trinajstić information content (AvgIpc) is 3.23. The summed E-state index contributed by atoms with van der Waals surface area (Å²) in [7, 11) is 0. The molecule has 4 aliphatic carbocycles. The lowest BCUT2D eigenvalue weighted by Crippen LogP contribution is -2.51. The molecule has 0 heterocycles. The zero-order valence-electron chi connectivity index (χ0n) is 24.3. The normalized spacial score (nSPS) is 37.0. The Bertz CT molecular complexity index is 1030. The van der Waals surface area contributed by atoms with Crippen molar-refractivity contribution in [3.8, 4) is 5.75 Å². The molecule has 5 rings (SSSR count). The fraction of sp³-hybridized carbons (Fsp3) is 0.735. The zero-order valence-corrected chi connectivity index (χ0v) is 24.3. The van der Waals surface area contributed by atoms with E-state index in [9.17, 15) is 9.18 Å². The summed E-state index contributed by atoms with van der Waals surface area (Å²) in [6.07, 6.45) is 15.0. The van der Waals surface area contributed by atoms with Gasteiger partial charge in [0.25, 0.3) is 0 Å². The second kappa shape index (κ2) is 11.0. The van der Waals surface area contributed by atoms with Gasteiger partial charge in [-0.1, -0.05) is 77.7 Å².